The van der Waals surface area contributed by atoms with Crippen LogP contribution in [0.4, 0.5) is 0 Å². The summed E-state index contributed by atoms with van der Waals surface area (Å²) < 4.78 is 11.3. The third-order valence-corrected chi connectivity index (χ3v) is 4.83. The fraction of sp³-hybridized carbons (Fsp3) is 0.158. The maximum absolute atomic E-state index is 12.3. The average molecular weight is 427 g/mol. The van der Waals surface area contributed by atoms with Crippen molar-refractivity contribution in [2.45, 2.75) is 12.8 Å². The molecule has 4 rings (SSSR count). The lowest BCUT2D eigenvalue weighted by Crippen LogP contribution is -2.08. The van der Waals surface area contributed by atoms with Crippen molar-refractivity contribution in [3.63, 3.8) is 0 Å². The summed E-state index contributed by atoms with van der Waals surface area (Å²) in [6.45, 7) is 0.255. The minimum atomic E-state index is -0.403. The Balaban J connectivity index is 1.32. The summed E-state index contributed by atoms with van der Waals surface area (Å²) in [5.74, 6) is 0.591. The van der Waals surface area contributed by atoms with E-state index < -0.39 is 5.97 Å². The molecule has 0 unspecified atom stereocenters. The van der Waals surface area contributed by atoms with Gasteiger partial charge in [0.05, 0.1) is 11.1 Å². The quantitative estimate of drug-likeness (QED) is 0.367. The molecule has 0 aliphatic carbocycles. The number of nitrogens with zero attached hydrogens (tertiary/aromatic N) is 3. The number of nitrogens with one attached hydrogen (secondary N) is 1. The summed E-state index contributed by atoms with van der Waals surface area (Å²) in [4.78, 5) is 23.7. The van der Waals surface area contributed by atoms with Gasteiger partial charge in [-0.05, 0) is 40.5 Å². The Labute approximate surface area is 162 Å². The predicted molar refractivity (Wildman–Crippen MR) is 102 cm³/mol. The Morgan fingerprint density at radius 3 is 2.93 bits per heavy atom. The highest BCUT2D eigenvalue weighted by Crippen LogP contribution is 2.28. The average Bonchev–Trinajstić information content (AvgIpc) is 3.31. The predicted octanol–water partition coefficient (Wildman–Crippen LogP) is 4.17. The summed E-state index contributed by atoms with van der Waals surface area (Å²) >= 11 is 3.45. The lowest BCUT2D eigenvalue weighted by molar-refractivity contribution is 0.0491. The fourth-order valence-corrected chi connectivity index (χ4v) is 3.28. The van der Waals surface area contributed by atoms with E-state index in [-0.39, 0.29) is 6.61 Å². The van der Waals surface area contributed by atoms with Crippen molar-refractivity contribution < 1.29 is 14.1 Å². The zero-order chi connectivity index (χ0) is 18.6. The van der Waals surface area contributed by atoms with E-state index in [9.17, 15) is 4.79 Å². The van der Waals surface area contributed by atoms with Gasteiger partial charge >= 0.3 is 5.97 Å². The van der Waals surface area contributed by atoms with Crippen molar-refractivity contribution >= 4 is 32.8 Å². The monoisotopic (exact) mass is 426 g/mol. The zero-order valence-corrected chi connectivity index (χ0v) is 15.8. The number of pyridine rings is 1. The van der Waals surface area contributed by atoms with Gasteiger partial charge in [0.25, 0.3) is 0 Å². The minimum Gasteiger partial charge on any atom is -0.461 e. The van der Waals surface area contributed by atoms with Crippen molar-refractivity contribution in [2.24, 2.45) is 0 Å². The molecule has 7 nitrogen and oxygen atoms in total. The highest BCUT2D eigenvalue weighted by atomic mass is 79.9. The molecule has 0 saturated carbocycles. The van der Waals surface area contributed by atoms with Gasteiger partial charge in [-0.1, -0.05) is 23.4 Å². The lowest BCUT2D eigenvalue weighted by Gasteiger charge is -2.02. The van der Waals surface area contributed by atoms with E-state index in [0.29, 0.717) is 34.7 Å². The number of H-pyrrole nitrogens is 1. The van der Waals surface area contributed by atoms with E-state index in [0.717, 1.165) is 16.5 Å². The van der Waals surface area contributed by atoms with Gasteiger partial charge in [-0.25, -0.2) is 4.79 Å². The Morgan fingerprint density at radius 1 is 1.22 bits per heavy atom. The Kier molecular flexibility index (Phi) is 4.97. The molecule has 3 aromatic heterocycles. The standard InChI is InChI=1S/C19H15BrN4O3/c20-16-13-6-1-2-7-14(13)22-17(16)19(25)26-10-4-8-15-23-18(24-27-15)12-5-3-9-21-11-12/h1-3,5-7,9,11,22H,4,8,10H2. The number of carbonyl (C=O) groups is 1. The Morgan fingerprint density at radius 2 is 2.11 bits per heavy atom. The van der Waals surface area contributed by atoms with Crippen molar-refractivity contribution in [1.29, 1.82) is 0 Å². The molecule has 3 heterocycles. The SMILES string of the molecule is O=C(OCCCc1nc(-c2cccnc2)no1)c1[nH]c2ccccc2c1Br. The molecule has 0 radical (unpaired) electrons. The number of aryl methyl sites for hydroxylation is 1. The minimum absolute atomic E-state index is 0.255. The van der Waals surface area contributed by atoms with Gasteiger partial charge < -0.3 is 14.2 Å². The molecule has 0 spiro atoms. The molecule has 0 aliphatic rings. The van der Waals surface area contributed by atoms with Crippen LogP contribution in [0.25, 0.3) is 22.3 Å². The lowest BCUT2D eigenvalue weighted by atomic mass is 10.2. The van der Waals surface area contributed by atoms with Gasteiger partial charge in [0.15, 0.2) is 0 Å². The fourth-order valence-electron chi connectivity index (χ4n) is 2.68. The van der Waals surface area contributed by atoms with Crippen molar-refractivity contribution in [3.8, 4) is 11.4 Å². The van der Waals surface area contributed by atoms with Gasteiger partial charge in [0, 0.05) is 35.3 Å². The topological polar surface area (TPSA) is 93.9 Å². The number of para-hydroxylation sites is 1. The summed E-state index contributed by atoms with van der Waals surface area (Å²) in [6, 6.07) is 11.3. The van der Waals surface area contributed by atoms with Crippen LogP contribution in [0.1, 0.15) is 22.8 Å². The van der Waals surface area contributed by atoms with Crippen LogP contribution in [0.5, 0.6) is 0 Å². The maximum Gasteiger partial charge on any atom is 0.355 e. The normalized spacial score (nSPS) is 11.0. The number of fused-ring (bicyclic) bond motifs is 1. The summed E-state index contributed by atoms with van der Waals surface area (Å²) in [5, 5.41) is 4.88. The number of rotatable bonds is 6. The van der Waals surface area contributed by atoms with Crippen LogP contribution in [-0.2, 0) is 11.2 Å². The summed E-state index contributed by atoms with van der Waals surface area (Å²) in [7, 11) is 0. The second-order valence-corrected chi connectivity index (χ2v) is 6.65. The van der Waals surface area contributed by atoms with E-state index in [2.05, 4.69) is 36.0 Å². The van der Waals surface area contributed by atoms with E-state index in [4.69, 9.17) is 9.26 Å². The second-order valence-electron chi connectivity index (χ2n) is 5.85. The molecule has 1 aromatic carbocycles. The summed E-state index contributed by atoms with van der Waals surface area (Å²) in [6.07, 6.45) is 4.46. The Bertz CT molecular complexity index is 1070. The van der Waals surface area contributed by atoms with E-state index >= 15 is 0 Å². The molecule has 136 valence electrons. The van der Waals surface area contributed by atoms with Crippen LogP contribution in [0.3, 0.4) is 0 Å². The number of benzene rings is 1. The Hall–Kier alpha value is -3.00. The number of ether oxygens (including phenoxy) is 1. The first-order valence-corrected chi connectivity index (χ1v) is 9.18. The van der Waals surface area contributed by atoms with Crippen LogP contribution in [0, 0.1) is 0 Å². The van der Waals surface area contributed by atoms with E-state index in [1.54, 1.807) is 12.4 Å². The number of aromatic amines is 1. The van der Waals surface area contributed by atoms with Crippen LogP contribution in [0.2, 0.25) is 0 Å². The number of esters is 1. The number of hydrogen-bond acceptors (Lipinski definition) is 6. The highest BCUT2D eigenvalue weighted by molar-refractivity contribution is 9.10. The zero-order valence-electron chi connectivity index (χ0n) is 14.2. The molecular formula is C19H15BrN4O3. The molecule has 1 N–H and O–H groups in total. The largest absolute Gasteiger partial charge is 0.461 e. The van der Waals surface area contributed by atoms with Gasteiger partial charge in [0.1, 0.15) is 5.69 Å². The van der Waals surface area contributed by atoms with E-state index in [1.807, 2.05) is 36.4 Å². The van der Waals surface area contributed by atoms with Crippen LogP contribution in [0.15, 0.2) is 57.8 Å². The van der Waals surface area contributed by atoms with Gasteiger partial charge in [-0.3, -0.25) is 4.98 Å². The van der Waals surface area contributed by atoms with Crippen molar-refractivity contribution in [3.05, 3.63) is 64.8 Å². The molecule has 4 aromatic rings. The molecule has 8 heteroatoms. The van der Waals surface area contributed by atoms with Crippen molar-refractivity contribution in [2.75, 3.05) is 6.61 Å². The molecule has 0 amide bonds. The van der Waals surface area contributed by atoms with Gasteiger partial charge in [-0.15, -0.1) is 0 Å². The third kappa shape index (κ3) is 3.75. The van der Waals surface area contributed by atoms with Crippen LogP contribution >= 0.6 is 15.9 Å². The molecule has 27 heavy (non-hydrogen) atoms. The number of halogens is 1. The van der Waals surface area contributed by atoms with Gasteiger partial charge in [0.2, 0.25) is 11.7 Å². The van der Waals surface area contributed by atoms with Crippen molar-refractivity contribution in [1.82, 2.24) is 20.1 Å². The van der Waals surface area contributed by atoms with Crippen LogP contribution < -0.4 is 0 Å². The second kappa shape index (κ2) is 7.71. The molecular weight excluding hydrogens is 412 g/mol. The molecule has 0 atom stereocenters. The maximum atomic E-state index is 12.3. The molecule has 0 fully saturated rings. The summed E-state index contributed by atoms with van der Waals surface area (Å²) in [5.41, 5.74) is 2.08. The first-order valence-electron chi connectivity index (χ1n) is 8.38. The first-order chi connectivity index (χ1) is 13.2. The van der Waals surface area contributed by atoms with E-state index in [1.165, 1.54) is 0 Å². The number of carbonyl (C=O) groups excluding carboxylic acids is 1. The highest BCUT2D eigenvalue weighted by Gasteiger charge is 2.17. The molecule has 0 aliphatic heterocycles. The molecule has 0 bridgehead atoms. The number of hydrogen-bond donors (Lipinski definition) is 1. The van der Waals surface area contributed by atoms with Crippen LogP contribution in [-0.4, -0.2) is 32.7 Å². The third-order valence-electron chi connectivity index (χ3n) is 4.00. The molecule has 0 saturated heterocycles. The van der Waals surface area contributed by atoms with Gasteiger partial charge in [-0.2, -0.15) is 4.98 Å². The first kappa shape index (κ1) is 17.4. The number of aromatic nitrogens is 4. The smallest absolute Gasteiger partial charge is 0.355 e.